The lowest BCUT2D eigenvalue weighted by Crippen LogP contribution is -2.29. The summed E-state index contributed by atoms with van der Waals surface area (Å²) in [4.78, 5) is 0. The average Bonchev–Trinajstić information content (AvgIpc) is 2.40. The van der Waals surface area contributed by atoms with Crippen molar-refractivity contribution in [2.24, 2.45) is 5.84 Å². The van der Waals surface area contributed by atoms with Gasteiger partial charge in [-0.2, -0.15) is 0 Å². The summed E-state index contributed by atoms with van der Waals surface area (Å²) in [5, 5.41) is 0.714. The molecule has 0 saturated carbocycles. The maximum atomic E-state index is 6.14. The maximum Gasteiger partial charge on any atom is 0.119 e. The van der Waals surface area contributed by atoms with Crippen LogP contribution in [0.15, 0.2) is 36.4 Å². The first-order valence-electron chi connectivity index (χ1n) is 6.43. The van der Waals surface area contributed by atoms with Gasteiger partial charge in [0.15, 0.2) is 0 Å². The molecule has 0 amide bonds. The van der Waals surface area contributed by atoms with Gasteiger partial charge in [-0.15, -0.1) is 0 Å². The van der Waals surface area contributed by atoms with Crippen molar-refractivity contribution in [2.75, 3.05) is 7.11 Å². The van der Waals surface area contributed by atoms with Crippen molar-refractivity contribution < 1.29 is 4.74 Å². The number of rotatable bonds is 4. The lowest BCUT2D eigenvalue weighted by molar-refractivity contribution is 0.414. The molecule has 0 aliphatic carbocycles. The van der Waals surface area contributed by atoms with Crippen molar-refractivity contribution >= 4 is 11.6 Å². The lowest BCUT2D eigenvalue weighted by atomic mass is 9.94. The molecule has 0 heterocycles. The van der Waals surface area contributed by atoms with Crippen LogP contribution in [0.1, 0.15) is 28.3 Å². The summed E-state index contributed by atoms with van der Waals surface area (Å²) in [6.45, 7) is 4.06. The Bertz CT molecular complexity index is 593. The molecule has 0 aliphatic rings. The molecule has 1 atom stereocenters. The quantitative estimate of drug-likeness (QED) is 0.669. The third kappa shape index (κ3) is 3.12. The molecule has 0 spiro atoms. The fraction of sp³-hybridized carbons (Fsp3) is 0.250. The van der Waals surface area contributed by atoms with E-state index in [1.807, 2.05) is 44.2 Å². The summed E-state index contributed by atoms with van der Waals surface area (Å²) in [5.41, 5.74) is 7.25. The van der Waals surface area contributed by atoms with Gasteiger partial charge in [0.2, 0.25) is 0 Å². The van der Waals surface area contributed by atoms with E-state index in [0.29, 0.717) is 5.02 Å². The highest BCUT2D eigenvalue weighted by molar-refractivity contribution is 6.30. The van der Waals surface area contributed by atoms with E-state index in [1.165, 1.54) is 0 Å². The van der Waals surface area contributed by atoms with Crippen molar-refractivity contribution in [1.29, 1.82) is 0 Å². The summed E-state index contributed by atoms with van der Waals surface area (Å²) < 4.78 is 5.23. The number of halogens is 1. The van der Waals surface area contributed by atoms with E-state index in [9.17, 15) is 0 Å². The van der Waals surface area contributed by atoms with Crippen LogP contribution < -0.4 is 16.0 Å². The minimum Gasteiger partial charge on any atom is -0.497 e. The molecule has 3 N–H and O–H groups in total. The fourth-order valence-corrected chi connectivity index (χ4v) is 2.69. The molecule has 1 unspecified atom stereocenters. The number of hydrogen-bond acceptors (Lipinski definition) is 3. The maximum absolute atomic E-state index is 6.14. The van der Waals surface area contributed by atoms with Crippen molar-refractivity contribution in [3.8, 4) is 5.75 Å². The van der Waals surface area contributed by atoms with E-state index in [-0.39, 0.29) is 6.04 Å². The van der Waals surface area contributed by atoms with Crippen LogP contribution in [0, 0.1) is 13.8 Å². The smallest absolute Gasteiger partial charge is 0.119 e. The van der Waals surface area contributed by atoms with E-state index in [2.05, 4.69) is 11.5 Å². The van der Waals surface area contributed by atoms with Crippen molar-refractivity contribution in [3.63, 3.8) is 0 Å². The Labute approximate surface area is 124 Å². The van der Waals surface area contributed by atoms with Crippen molar-refractivity contribution in [2.45, 2.75) is 19.9 Å². The number of ether oxygens (including phenoxy) is 1. The van der Waals surface area contributed by atoms with Gasteiger partial charge in [-0.05, 0) is 60.4 Å². The van der Waals surface area contributed by atoms with Gasteiger partial charge >= 0.3 is 0 Å². The second kappa shape index (κ2) is 6.27. The number of hydrazine groups is 1. The minimum atomic E-state index is -0.0988. The zero-order chi connectivity index (χ0) is 14.7. The summed E-state index contributed by atoms with van der Waals surface area (Å²) in [5.74, 6) is 6.59. The molecule has 0 fully saturated rings. The van der Waals surface area contributed by atoms with Gasteiger partial charge in [0.25, 0.3) is 0 Å². The van der Waals surface area contributed by atoms with Crippen LogP contribution in [-0.4, -0.2) is 7.11 Å². The third-order valence-electron chi connectivity index (χ3n) is 3.35. The number of nitrogens with one attached hydrogen (secondary N) is 1. The molecule has 106 valence electrons. The Kier molecular flexibility index (Phi) is 4.65. The zero-order valence-electron chi connectivity index (χ0n) is 11.9. The van der Waals surface area contributed by atoms with E-state index in [0.717, 1.165) is 28.0 Å². The highest BCUT2D eigenvalue weighted by Crippen LogP contribution is 2.29. The zero-order valence-corrected chi connectivity index (χ0v) is 12.7. The molecule has 20 heavy (non-hydrogen) atoms. The Morgan fingerprint density at radius 2 is 1.90 bits per heavy atom. The van der Waals surface area contributed by atoms with Crippen LogP contribution in [0.3, 0.4) is 0 Å². The largest absolute Gasteiger partial charge is 0.497 e. The number of nitrogens with two attached hydrogens (primary N) is 1. The third-order valence-corrected chi connectivity index (χ3v) is 3.57. The van der Waals surface area contributed by atoms with Crippen LogP contribution in [0.4, 0.5) is 0 Å². The number of benzene rings is 2. The Morgan fingerprint density at radius 3 is 2.45 bits per heavy atom. The highest BCUT2D eigenvalue weighted by atomic mass is 35.5. The Balaban J connectivity index is 2.46. The predicted molar refractivity (Wildman–Crippen MR) is 83.1 cm³/mol. The van der Waals surface area contributed by atoms with Crippen LogP contribution in [0.25, 0.3) is 0 Å². The van der Waals surface area contributed by atoms with Gasteiger partial charge < -0.3 is 4.74 Å². The normalized spacial score (nSPS) is 12.2. The predicted octanol–water partition coefficient (Wildman–Crippen LogP) is 3.52. The second-order valence-electron chi connectivity index (χ2n) is 4.88. The van der Waals surface area contributed by atoms with Crippen LogP contribution in [-0.2, 0) is 0 Å². The second-order valence-corrected chi connectivity index (χ2v) is 5.32. The average molecular weight is 291 g/mol. The van der Waals surface area contributed by atoms with Gasteiger partial charge in [-0.25, -0.2) is 5.43 Å². The van der Waals surface area contributed by atoms with Gasteiger partial charge in [0, 0.05) is 5.02 Å². The first kappa shape index (κ1) is 14.9. The van der Waals surface area contributed by atoms with Gasteiger partial charge in [0.1, 0.15) is 5.75 Å². The Morgan fingerprint density at radius 1 is 1.15 bits per heavy atom. The highest BCUT2D eigenvalue weighted by Gasteiger charge is 2.16. The molecule has 0 bridgehead atoms. The molecule has 0 radical (unpaired) electrons. The van der Waals surface area contributed by atoms with Gasteiger partial charge in [0.05, 0.1) is 13.2 Å². The van der Waals surface area contributed by atoms with Gasteiger partial charge in [-0.1, -0.05) is 23.7 Å². The summed E-state index contributed by atoms with van der Waals surface area (Å²) >= 11 is 6.14. The number of aryl methyl sites for hydroxylation is 2. The summed E-state index contributed by atoms with van der Waals surface area (Å²) in [6, 6.07) is 11.8. The molecule has 3 nitrogen and oxygen atoms in total. The standard InChI is InChI=1S/C16H19ClN2O/c1-10-6-12(9-13(17)7-10)16(19-18)15-5-4-14(20-3)8-11(15)2/h4-9,16,19H,18H2,1-3H3. The number of methoxy groups -OCH3 is 1. The Hall–Kier alpha value is -1.55. The van der Waals surface area contributed by atoms with Crippen LogP contribution >= 0.6 is 11.6 Å². The first-order chi connectivity index (χ1) is 9.55. The fourth-order valence-electron chi connectivity index (χ4n) is 2.40. The van der Waals surface area contributed by atoms with E-state index in [1.54, 1.807) is 7.11 Å². The molecular weight excluding hydrogens is 272 g/mol. The van der Waals surface area contributed by atoms with Crippen LogP contribution in [0.2, 0.25) is 5.02 Å². The molecule has 2 aromatic rings. The van der Waals surface area contributed by atoms with Crippen LogP contribution in [0.5, 0.6) is 5.75 Å². The van der Waals surface area contributed by atoms with Gasteiger partial charge in [-0.3, -0.25) is 5.84 Å². The lowest BCUT2D eigenvalue weighted by Gasteiger charge is -2.20. The van der Waals surface area contributed by atoms with Crippen molar-refractivity contribution in [1.82, 2.24) is 5.43 Å². The minimum absolute atomic E-state index is 0.0988. The van der Waals surface area contributed by atoms with Crippen molar-refractivity contribution in [3.05, 3.63) is 63.7 Å². The first-order valence-corrected chi connectivity index (χ1v) is 6.80. The number of hydrogen-bond donors (Lipinski definition) is 2. The van der Waals surface area contributed by atoms with E-state index in [4.69, 9.17) is 22.2 Å². The molecule has 4 heteroatoms. The topological polar surface area (TPSA) is 47.3 Å². The molecule has 0 aromatic heterocycles. The molecule has 0 aliphatic heterocycles. The summed E-state index contributed by atoms with van der Waals surface area (Å²) in [7, 11) is 1.66. The molecule has 0 saturated heterocycles. The van der Waals surface area contributed by atoms with E-state index >= 15 is 0 Å². The molecule has 2 rings (SSSR count). The SMILES string of the molecule is COc1ccc(C(NN)c2cc(C)cc(Cl)c2)c(C)c1. The molecule has 2 aromatic carbocycles. The molecular formula is C16H19ClN2O. The summed E-state index contributed by atoms with van der Waals surface area (Å²) in [6.07, 6.45) is 0. The monoisotopic (exact) mass is 290 g/mol. The van der Waals surface area contributed by atoms with E-state index < -0.39 is 0 Å².